The Bertz CT molecular complexity index is 818. The van der Waals surface area contributed by atoms with Crippen LogP contribution in [0.5, 0.6) is 0 Å². The zero-order chi connectivity index (χ0) is 16.6. The van der Waals surface area contributed by atoms with Gasteiger partial charge in [0, 0.05) is 31.4 Å². The number of pyridine rings is 1. The van der Waals surface area contributed by atoms with Crippen LogP contribution in [0.4, 0.5) is 0 Å². The minimum absolute atomic E-state index is 0. The predicted octanol–water partition coefficient (Wildman–Crippen LogP) is 3.54. The number of benzene rings is 2. The number of nitrogens with two attached hydrogens (primary N) is 1. The molecule has 0 amide bonds. The number of hydrogen-bond donors (Lipinski definition) is 2. The molecule has 0 saturated heterocycles. The monoisotopic (exact) mass is 446 g/mol. The zero-order valence-electron chi connectivity index (χ0n) is 14.1. The maximum absolute atomic E-state index is 5.91. The molecule has 0 spiro atoms. The number of aromatic nitrogens is 1. The smallest absolute Gasteiger partial charge is 0.188 e. The maximum Gasteiger partial charge on any atom is 0.188 e. The van der Waals surface area contributed by atoms with Gasteiger partial charge in [0.15, 0.2) is 5.96 Å². The minimum atomic E-state index is 0. The SMILES string of the molecule is I.NC(=NCCc1ccccn1)NCCc1ccc2ccccc2c1. The first-order chi connectivity index (χ1) is 11.8. The molecule has 4 nitrogen and oxygen atoms in total. The molecule has 25 heavy (non-hydrogen) atoms. The molecule has 0 fully saturated rings. The van der Waals surface area contributed by atoms with E-state index in [0.717, 1.165) is 25.1 Å². The summed E-state index contributed by atoms with van der Waals surface area (Å²) >= 11 is 0. The fraction of sp³-hybridized carbons (Fsp3) is 0.200. The van der Waals surface area contributed by atoms with Crippen LogP contribution in [0.25, 0.3) is 10.8 Å². The Labute approximate surface area is 165 Å². The second-order valence-electron chi connectivity index (χ2n) is 5.70. The number of halogens is 1. The highest BCUT2D eigenvalue weighted by molar-refractivity contribution is 14.0. The molecule has 0 radical (unpaired) electrons. The molecule has 0 atom stereocenters. The van der Waals surface area contributed by atoms with E-state index in [1.165, 1.54) is 16.3 Å². The summed E-state index contributed by atoms with van der Waals surface area (Å²) in [6.07, 6.45) is 3.51. The molecule has 0 unspecified atom stereocenters. The van der Waals surface area contributed by atoms with Gasteiger partial charge in [-0.2, -0.15) is 0 Å². The molecular formula is C20H23IN4. The normalized spacial score (nSPS) is 11.1. The summed E-state index contributed by atoms with van der Waals surface area (Å²) in [5.41, 5.74) is 8.24. The summed E-state index contributed by atoms with van der Waals surface area (Å²) < 4.78 is 0. The molecule has 3 aromatic rings. The number of nitrogens with zero attached hydrogens (tertiary/aromatic N) is 2. The lowest BCUT2D eigenvalue weighted by molar-refractivity contribution is 0.840. The molecule has 0 aliphatic heterocycles. The Morgan fingerprint density at radius 1 is 0.960 bits per heavy atom. The predicted molar refractivity (Wildman–Crippen MR) is 116 cm³/mol. The molecule has 2 aromatic carbocycles. The number of rotatable bonds is 6. The standard InChI is InChI=1S/C20H22N4.HI/c21-20(24-14-11-19-7-3-4-12-22-19)23-13-10-16-8-9-17-5-1-2-6-18(17)15-16;/h1-9,12,15H,10-11,13-14H2,(H3,21,23,24);1H. The lowest BCUT2D eigenvalue weighted by atomic mass is 10.1. The third-order valence-electron chi connectivity index (χ3n) is 3.91. The van der Waals surface area contributed by atoms with Crippen molar-refractivity contribution in [1.29, 1.82) is 0 Å². The van der Waals surface area contributed by atoms with E-state index in [2.05, 4.69) is 57.8 Å². The number of aliphatic imine (C=N–C) groups is 1. The molecule has 3 N–H and O–H groups in total. The highest BCUT2D eigenvalue weighted by Gasteiger charge is 1.98. The van der Waals surface area contributed by atoms with Gasteiger partial charge >= 0.3 is 0 Å². The van der Waals surface area contributed by atoms with Crippen LogP contribution < -0.4 is 11.1 Å². The van der Waals surface area contributed by atoms with Crippen molar-refractivity contribution in [2.24, 2.45) is 10.7 Å². The Kier molecular flexibility index (Phi) is 7.66. The van der Waals surface area contributed by atoms with Crippen molar-refractivity contribution >= 4 is 40.7 Å². The van der Waals surface area contributed by atoms with Gasteiger partial charge in [-0.1, -0.05) is 48.5 Å². The second kappa shape index (κ2) is 9.98. The van der Waals surface area contributed by atoms with E-state index < -0.39 is 0 Å². The Hall–Kier alpha value is -2.15. The Balaban J connectivity index is 0.00000225. The van der Waals surface area contributed by atoms with Gasteiger partial charge < -0.3 is 11.1 Å². The quantitative estimate of drug-likeness (QED) is 0.346. The van der Waals surface area contributed by atoms with Crippen LogP contribution in [0.2, 0.25) is 0 Å². The van der Waals surface area contributed by atoms with Crippen LogP contribution in [0.1, 0.15) is 11.3 Å². The van der Waals surface area contributed by atoms with Gasteiger partial charge in [0.1, 0.15) is 0 Å². The van der Waals surface area contributed by atoms with Crippen LogP contribution in [0, 0.1) is 0 Å². The third kappa shape index (κ3) is 6.01. The first-order valence-electron chi connectivity index (χ1n) is 8.23. The summed E-state index contributed by atoms with van der Waals surface area (Å²) in [6, 6.07) is 20.8. The average molecular weight is 446 g/mol. The van der Waals surface area contributed by atoms with E-state index in [0.29, 0.717) is 12.5 Å². The lowest BCUT2D eigenvalue weighted by Gasteiger charge is -2.07. The van der Waals surface area contributed by atoms with Crippen molar-refractivity contribution in [2.75, 3.05) is 13.1 Å². The van der Waals surface area contributed by atoms with Gasteiger partial charge in [0.05, 0.1) is 0 Å². The molecule has 0 saturated carbocycles. The van der Waals surface area contributed by atoms with Gasteiger partial charge in [-0.15, -0.1) is 24.0 Å². The first-order valence-corrected chi connectivity index (χ1v) is 8.23. The van der Waals surface area contributed by atoms with Gasteiger partial charge in [-0.05, 0) is 34.9 Å². The Morgan fingerprint density at radius 2 is 1.76 bits per heavy atom. The van der Waals surface area contributed by atoms with Crippen LogP contribution >= 0.6 is 24.0 Å². The molecule has 130 valence electrons. The fourth-order valence-corrected chi connectivity index (χ4v) is 2.62. The van der Waals surface area contributed by atoms with Gasteiger partial charge in [-0.25, -0.2) is 0 Å². The van der Waals surface area contributed by atoms with Crippen LogP contribution in [-0.4, -0.2) is 24.0 Å². The van der Waals surface area contributed by atoms with Crippen molar-refractivity contribution in [3.05, 3.63) is 78.1 Å². The topological polar surface area (TPSA) is 63.3 Å². The summed E-state index contributed by atoms with van der Waals surface area (Å²) in [5, 5.41) is 5.71. The van der Waals surface area contributed by atoms with Crippen molar-refractivity contribution in [3.63, 3.8) is 0 Å². The van der Waals surface area contributed by atoms with Crippen LogP contribution in [0.15, 0.2) is 71.9 Å². The van der Waals surface area contributed by atoms with Crippen LogP contribution in [-0.2, 0) is 12.8 Å². The Morgan fingerprint density at radius 3 is 2.56 bits per heavy atom. The molecule has 0 bridgehead atoms. The largest absolute Gasteiger partial charge is 0.370 e. The van der Waals surface area contributed by atoms with Gasteiger partial charge in [0.25, 0.3) is 0 Å². The maximum atomic E-state index is 5.91. The van der Waals surface area contributed by atoms with Crippen molar-refractivity contribution < 1.29 is 0 Å². The number of hydrogen-bond acceptors (Lipinski definition) is 2. The van der Waals surface area contributed by atoms with E-state index in [4.69, 9.17) is 5.73 Å². The number of fused-ring (bicyclic) bond motifs is 1. The van der Waals surface area contributed by atoms with Crippen molar-refractivity contribution in [2.45, 2.75) is 12.8 Å². The first kappa shape index (κ1) is 19.2. The summed E-state index contributed by atoms with van der Waals surface area (Å²) in [5.74, 6) is 0.492. The summed E-state index contributed by atoms with van der Waals surface area (Å²) in [6.45, 7) is 1.42. The van der Waals surface area contributed by atoms with Gasteiger partial charge in [-0.3, -0.25) is 9.98 Å². The second-order valence-corrected chi connectivity index (χ2v) is 5.70. The molecule has 3 rings (SSSR count). The third-order valence-corrected chi connectivity index (χ3v) is 3.91. The highest BCUT2D eigenvalue weighted by Crippen LogP contribution is 2.15. The van der Waals surface area contributed by atoms with E-state index in [1.54, 1.807) is 6.20 Å². The fourth-order valence-electron chi connectivity index (χ4n) is 2.62. The van der Waals surface area contributed by atoms with E-state index in [-0.39, 0.29) is 24.0 Å². The molecule has 0 aliphatic carbocycles. The highest BCUT2D eigenvalue weighted by atomic mass is 127. The average Bonchev–Trinajstić information content (AvgIpc) is 2.62. The molecule has 0 aliphatic rings. The number of nitrogens with one attached hydrogen (secondary N) is 1. The van der Waals surface area contributed by atoms with Gasteiger partial charge in [0.2, 0.25) is 0 Å². The summed E-state index contributed by atoms with van der Waals surface area (Å²) in [7, 11) is 0. The van der Waals surface area contributed by atoms with E-state index in [9.17, 15) is 0 Å². The number of guanidine groups is 1. The summed E-state index contributed by atoms with van der Waals surface area (Å²) in [4.78, 5) is 8.62. The minimum Gasteiger partial charge on any atom is -0.370 e. The lowest BCUT2D eigenvalue weighted by Crippen LogP contribution is -2.33. The molecular weight excluding hydrogens is 423 g/mol. The zero-order valence-corrected chi connectivity index (χ0v) is 16.4. The molecule has 5 heteroatoms. The van der Waals surface area contributed by atoms with Crippen molar-refractivity contribution in [1.82, 2.24) is 10.3 Å². The molecule has 1 heterocycles. The molecule has 1 aromatic heterocycles. The van der Waals surface area contributed by atoms with Crippen molar-refractivity contribution in [3.8, 4) is 0 Å². The van der Waals surface area contributed by atoms with Crippen LogP contribution in [0.3, 0.4) is 0 Å². The van der Waals surface area contributed by atoms with E-state index in [1.807, 2.05) is 18.2 Å². The van der Waals surface area contributed by atoms with E-state index >= 15 is 0 Å².